The van der Waals surface area contributed by atoms with Crippen molar-refractivity contribution in [2.75, 3.05) is 18.2 Å². The van der Waals surface area contributed by atoms with E-state index in [1.165, 1.54) is 13.2 Å². The Hall–Kier alpha value is -2.56. The summed E-state index contributed by atoms with van der Waals surface area (Å²) in [6.07, 6.45) is 0. The van der Waals surface area contributed by atoms with Gasteiger partial charge in [-0.1, -0.05) is 6.07 Å². The van der Waals surface area contributed by atoms with Crippen molar-refractivity contribution >= 4 is 17.3 Å². The first-order valence-electron chi connectivity index (χ1n) is 5.60. The van der Waals surface area contributed by atoms with Gasteiger partial charge in [0.15, 0.2) is 0 Å². The molecule has 0 saturated heterocycles. The number of hydrogen-bond donors (Lipinski definition) is 2. The fourth-order valence-corrected chi connectivity index (χ4v) is 1.65. The van der Waals surface area contributed by atoms with Crippen molar-refractivity contribution in [3.05, 3.63) is 53.8 Å². The Morgan fingerprint density at radius 3 is 2.74 bits per heavy atom. The molecule has 0 aromatic heterocycles. The predicted octanol–water partition coefficient (Wildman–Crippen LogP) is 2.67. The van der Waals surface area contributed by atoms with Gasteiger partial charge in [0.05, 0.1) is 7.11 Å². The van der Waals surface area contributed by atoms with Crippen LogP contribution in [-0.2, 0) is 0 Å². The van der Waals surface area contributed by atoms with Gasteiger partial charge in [0.1, 0.15) is 11.6 Å². The van der Waals surface area contributed by atoms with E-state index in [1.807, 2.05) is 0 Å². The zero-order valence-corrected chi connectivity index (χ0v) is 10.3. The minimum Gasteiger partial charge on any atom is -0.497 e. The highest BCUT2D eigenvalue weighted by molar-refractivity contribution is 6.04. The van der Waals surface area contributed by atoms with Gasteiger partial charge in [-0.3, -0.25) is 4.79 Å². The molecule has 0 atom stereocenters. The molecule has 3 N–H and O–H groups in total. The highest BCUT2D eigenvalue weighted by Crippen LogP contribution is 2.18. The number of hydrogen-bond acceptors (Lipinski definition) is 3. The lowest BCUT2D eigenvalue weighted by Crippen LogP contribution is -2.12. The fourth-order valence-electron chi connectivity index (χ4n) is 1.65. The van der Waals surface area contributed by atoms with Gasteiger partial charge in [0, 0.05) is 23.0 Å². The molecule has 98 valence electrons. The van der Waals surface area contributed by atoms with Crippen molar-refractivity contribution in [3.8, 4) is 5.75 Å². The topological polar surface area (TPSA) is 64.3 Å². The third-order valence-electron chi connectivity index (χ3n) is 2.51. The van der Waals surface area contributed by atoms with Gasteiger partial charge in [0.25, 0.3) is 5.91 Å². The van der Waals surface area contributed by atoms with E-state index in [4.69, 9.17) is 10.5 Å². The SMILES string of the molecule is COc1cccc(NC(=O)c2cc(N)cc(F)c2)c1. The maximum atomic E-state index is 13.2. The van der Waals surface area contributed by atoms with Crippen LogP contribution in [0.3, 0.4) is 0 Å². The molecular formula is C14H13FN2O2. The maximum Gasteiger partial charge on any atom is 0.255 e. The molecule has 2 aromatic rings. The fraction of sp³-hybridized carbons (Fsp3) is 0.0714. The molecule has 19 heavy (non-hydrogen) atoms. The first-order valence-corrected chi connectivity index (χ1v) is 5.60. The van der Waals surface area contributed by atoms with Gasteiger partial charge < -0.3 is 15.8 Å². The van der Waals surface area contributed by atoms with Crippen LogP contribution in [0.25, 0.3) is 0 Å². The van der Waals surface area contributed by atoms with Crippen LogP contribution in [0.15, 0.2) is 42.5 Å². The molecule has 0 aliphatic heterocycles. The van der Waals surface area contributed by atoms with Crippen LogP contribution < -0.4 is 15.8 Å². The first-order chi connectivity index (χ1) is 9.08. The average Bonchev–Trinajstić information content (AvgIpc) is 2.37. The molecule has 0 aliphatic rings. The van der Waals surface area contributed by atoms with Crippen molar-refractivity contribution < 1.29 is 13.9 Å². The molecule has 0 aliphatic carbocycles. The minimum absolute atomic E-state index is 0.167. The molecule has 1 amide bonds. The molecule has 5 heteroatoms. The summed E-state index contributed by atoms with van der Waals surface area (Å²) in [7, 11) is 1.54. The number of methoxy groups -OCH3 is 1. The van der Waals surface area contributed by atoms with Crippen molar-refractivity contribution in [1.29, 1.82) is 0 Å². The molecule has 0 bridgehead atoms. The Labute approximate surface area is 110 Å². The molecule has 0 spiro atoms. The van der Waals surface area contributed by atoms with Crippen LogP contribution >= 0.6 is 0 Å². The number of nitrogen functional groups attached to an aromatic ring is 1. The molecular weight excluding hydrogens is 247 g/mol. The normalized spacial score (nSPS) is 10.0. The summed E-state index contributed by atoms with van der Waals surface area (Å²) in [5, 5.41) is 2.65. The van der Waals surface area contributed by atoms with Crippen LogP contribution in [0.4, 0.5) is 15.8 Å². The van der Waals surface area contributed by atoms with E-state index in [0.717, 1.165) is 12.1 Å². The third kappa shape index (κ3) is 3.22. The highest BCUT2D eigenvalue weighted by atomic mass is 19.1. The number of rotatable bonds is 3. The standard InChI is InChI=1S/C14H13FN2O2/c1-19-13-4-2-3-12(8-13)17-14(18)9-5-10(15)7-11(16)6-9/h2-8H,16H2,1H3,(H,17,18). The van der Waals surface area contributed by atoms with Gasteiger partial charge in [-0.05, 0) is 30.3 Å². The quantitative estimate of drug-likeness (QED) is 0.834. The van der Waals surface area contributed by atoms with E-state index in [-0.39, 0.29) is 11.3 Å². The Morgan fingerprint density at radius 1 is 1.26 bits per heavy atom. The predicted molar refractivity (Wildman–Crippen MR) is 71.8 cm³/mol. The van der Waals surface area contributed by atoms with Crippen molar-refractivity contribution in [2.24, 2.45) is 0 Å². The molecule has 2 rings (SSSR count). The molecule has 0 heterocycles. The summed E-state index contributed by atoms with van der Waals surface area (Å²) in [6.45, 7) is 0. The molecule has 0 unspecified atom stereocenters. The average molecular weight is 260 g/mol. The van der Waals surface area contributed by atoms with Crippen LogP contribution in [0.2, 0.25) is 0 Å². The lowest BCUT2D eigenvalue weighted by molar-refractivity contribution is 0.102. The number of carbonyl (C=O) groups excluding carboxylic acids is 1. The molecule has 0 radical (unpaired) electrons. The van der Waals surface area contributed by atoms with E-state index >= 15 is 0 Å². The number of nitrogens with one attached hydrogen (secondary N) is 1. The van der Waals surface area contributed by atoms with Crippen molar-refractivity contribution in [2.45, 2.75) is 0 Å². The maximum absolute atomic E-state index is 13.2. The van der Waals surface area contributed by atoms with Crippen LogP contribution in [0, 0.1) is 5.82 Å². The molecule has 4 nitrogen and oxygen atoms in total. The second-order valence-electron chi connectivity index (χ2n) is 3.96. The molecule has 0 fully saturated rings. The second kappa shape index (κ2) is 5.39. The number of anilines is 2. The Morgan fingerprint density at radius 2 is 2.05 bits per heavy atom. The van der Waals surface area contributed by atoms with Crippen LogP contribution in [0.1, 0.15) is 10.4 Å². The van der Waals surface area contributed by atoms with E-state index < -0.39 is 11.7 Å². The number of ether oxygens (including phenoxy) is 1. The summed E-state index contributed by atoms with van der Waals surface area (Å²) < 4.78 is 18.2. The summed E-state index contributed by atoms with van der Waals surface area (Å²) in [6, 6.07) is 10.6. The zero-order valence-electron chi connectivity index (χ0n) is 10.3. The zero-order chi connectivity index (χ0) is 13.8. The smallest absolute Gasteiger partial charge is 0.255 e. The van der Waals surface area contributed by atoms with Crippen LogP contribution in [0.5, 0.6) is 5.75 Å². The van der Waals surface area contributed by atoms with E-state index in [9.17, 15) is 9.18 Å². The van der Waals surface area contributed by atoms with E-state index in [1.54, 1.807) is 24.3 Å². The Kier molecular flexibility index (Phi) is 3.66. The second-order valence-corrected chi connectivity index (χ2v) is 3.96. The number of benzene rings is 2. The van der Waals surface area contributed by atoms with Crippen LogP contribution in [-0.4, -0.2) is 13.0 Å². The summed E-state index contributed by atoms with van der Waals surface area (Å²) in [5.41, 5.74) is 6.43. The first kappa shape index (κ1) is 12.9. The summed E-state index contributed by atoms with van der Waals surface area (Å²) in [5.74, 6) is -0.355. The Bertz CT molecular complexity index is 594. The van der Waals surface area contributed by atoms with Gasteiger partial charge in [-0.25, -0.2) is 4.39 Å². The van der Waals surface area contributed by atoms with Gasteiger partial charge >= 0.3 is 0 Å². The molecule has 2 aromatic carbocycles. The van der Waals surface area contributed by atoms with Gasteiger partial charge in [-0.2, -0.15) is 0 Å². The summed E-state index contributed by atoms with van der Waals surface area (Å²) in [4.78, 5) is 11.9. The number of nitrogens with two attached hydrogens (primary N) is 1. The number of amides is 1. The summed E-state index contributed by atoms with van der Waals surface area (Å²) >= 11 is 0. The Balaban J connectivity index is 2.20. The highest BCUT2D eigenvalue weighted by Gasteiger charge is 2.09. The van der Waals surface area contributed by atoms with Crippen molar-refractivity contribution in [1.82, 2.24) is 0 Å². The molecule has 0 saturated carbocycles. The lowest BCUT2D eigenvalue weighted by Gasteiger charge is -2.07. The number of carbonyl (C=O) groups is 1. The minimum atomic E-state index is -0.546. The monoisotopic (exact) mass is 260 g/mol. The van der Waals surface area contributed by atoms with E-state index in [0.29, 0.717) is 11.4 Å². The van der Waals surface area contributed by atoms with Gasteiger partial charge in [0.2, 0.25) is 0 Å². The van der Waals surface area contributed by atoms with Crippen molar-refractivity contribution in [3.63, 3.8) is 0 Å². The van der Waals surface area contributed by atoms with E-state index in [2.05, 4.69) is 5.32 Å². The largest absolute Gasteiger partial charge is 0.497 e. The van der Waals surface area contributed by atoms with Gasteiger partial charge in [-0.15, -0.1) is 0 Å². The number of halogens is 1. The third-order valence-corrected chi connectivity index (χ3v) is 2.51. The lowest BCUT2D eigenvalue weighted by atomic mass is 10.1.